The van der Waals surface area contributed by atoms with Crippen LogP contribution < -0.4 is 5.73 Å². The van der Waals surface area contributed by atoms with Crippen molar-refractivity contribution in [3.63, 3.8) is 0 Å². The van der Waals surface area contributed by atoms with Gasteiger partial charge in [0.15, 0.2) is 0 Å². The van der Waals surface area contributed by atoms with Crippen LogP contribution in [0.5, 0.6) is 0 Å². The molecule has 1 spiro atoms. The average molecular weight is 289 g/mol. The van der Waals surface area contributed by atoms with E-state index in [1.54, 1.807) is 12.1 Å². The fraction of sp³-hybridized carbons (Fsp3) is 0.588. The number of carbonyl (C=O) groups excluding carboxylic acids is 1. The number of rotatable bonds is 2. The molecule has 4 heteroatoms. The monoisotopic (exact) mass is 289 g/mol. The minimum atomic E-state index is -0.264. The van der Waals surface area contributed by atoms with Crippen LogP contribution in [0.3, 0.4) is 0 Å². The van der Waals surface area contributed by atoms with E-state index in [9.17, 15) is 4.79 Å². The molecule has 0 amide bonds. The highest BCUT2D eigenvalue weighted by Crippen LogP contribution is 2.40. The molecule has 1 unspecified atom stereocenters. The normalized spacial score (nSPS) is 24.1. The number of anilines is 1. The SMILES string of the molecule is Cc1ccc(N)cc1C(=O)OC1CCOC2(CCCC2)C1. The van der Waals surface area contributed by atoms with Crippen molar-refractivity contribution in [3.8, 4) is 0 Å². The van der Waals surface area contributed by atoms with Crippen molar-refractivity contribution < 1.29 is 14.3 Å². The van der Waals surface area contributed by atoms with Gasteiger partial charge in [0.1, 0.15) is 6.10 Å². The van der Waals surface area contributed by atoms with Gasteiger partial charge in [-0.2, -0.15) is 0 Å². The van der Waals surface area contributed by atoms with Crippen LogP contribution in [0.15, 0.2) is 18.2 Å². The molecule has 114 valence electrons. The maximum Gasteiger partial charge on any atom is 0.338 e. The summed E-state index contributed by atoms with van der Waals surface area (Å²) in [5, 5.41) is 0. The summed E-state index contributed by atoms with van der Waals surface area (Å²) in [5.41, 5.74) is 7.79. The van der Waals surface area contributed by atoms with Crippen LogP contribution in [0.2, 0.25) is 0 Å². The first-order valence-corrected chi connectivity index (χ1v) is 7.79. The lowest BCUT2D eigenvalue weighted by atomic mass is 9.90. The fourth-order valence-corrected chi connectivity index (χ4v) is 3.53. The number of aryl methyl sites for hydroxylation is 1. The van der Waals surface area contributed by atoms with Gasteiger partial charge in [-0.25, -0.2) is 4.79 Å². The Balaban J connectivity index is 1.68. The molecule has 1 saturated carbocycles. The van der Waals surface area contributed by atoms with Crippen LogP contribution in [-0.2, 0) is 9.47 Å². The minimum Gasteiger partial charge on any atom is -0.459 e. The Morgan fingerprint density at radius 3 is 2.90 bits per heavy atom. The molecule has 1 heterocycles. The van der Waals surface area contributed by atoms with Gasteiger partial charge in [-0.3, -0.25) is 0 Å². The molecule has 1 atom stereocenters. The van der Waals surface area contributed by atoms with E-state index in [0.29, 0.717) is 17.9 Å². The van der Waals surface area contributed by atoms with Crippen molar-refractivity contribution in [1.82, 2.24) is 0 Å². The third kappa shape index (κ3) is 3.05. The molecule has 1 saturated heterocycles. The third-order valence-corrected chi connectivity index (χ3v) is 4.72. The number of benzene rings is 1. The van der Waals surface area contributed by atoms with Crippen LogP contribution in [0.1, 0.15) is 54.4 Å². The molecular weight excluding hydrogens is 266 g/mol. The smallest absolute Gasteiger partial charge is 0.338 e. The van der Waals surface area contributed by atoms with Gasteiger partial charge in [0.05, 0.1) is 17.8 Å². The minimum absolute atomic E-state index is 0.0338. The van der Waals surface area contributed by atoms with Gasteiger partial charge in [0.25, 0.3) is 0 Å². The average Bonchev–Trinajstić information content (AvgIpc) is 2.89. The highest BCUT2D eigenvalue weighted by Gasteiger charge is 2.41. The molecule has 0 bridgehead atoms. The van der Waals surface area contributed by atoms with E-state index in [2.05, 4.69) is 0 Å². The summed E-state index contributed by atoms with van der Waals surface area (Å²) in [6, 6.07) is 5.35. The molecule has 1 aliphatic heterocycles. The second-order valence-electron chi connectivity index (χ2n) is 6.33. The lowest BCUT2D eigenvalue weighted by Gasteiger charge is -2.37. The van der Waals surface area contributed by atoms with Crippen LogP contribution in [0, 0.1) is 6.92 Å². The molecule has 1 aromatic rings. The first-order chi connectivity index (χ1) is 10.1. The Morgan fingerprint density at radius 2 is 2.14 bits per heavy atom. The Kier molecular flexibility index (Phi) is 3.89. The van der Waals surface area contributed by atoms with E-state index in [-0.39, 0.29) is 17.7 Å². The lowest BCUT2D eigenvalue weighted by Crippen LogP contribution is -2.41. The first-order valence-electron chi connectivity index (χ1n) is 7.79. The van der Waals surface area contributed by atoms with Crippen molar-refractivity contribution in [2.75, 3.05) is 12.3 Å². The molecule has 2 aliphatic rings. The van der Waals surface area contributed by atoms with Gasteiger partial charge in [0.2, 0.25) is 0 Å². The molecule has 2 fully saturated rings. The summed E-state index contributed by atoms with van der Waals surface area (Å²) in [4.78, 5) is 12.4. The van der Waals surface area contributed by atoms with E-state index in [4.69, 9.17) is 15.2 Å². The number of nitrogens with two attached hydrogens (primary N) is 1. The summed E-state index contributed by atoms with van der Waals surface area (Å²) >= 11 is 0. The zero-order chi connectivity index (χ0) is 14.9. The number of nitrogen functional groups attached to an aromatic ring is 1. The molecule has 21 heavy (non-hydrogen) atoms. The largest absolute Gasteiger partial charge is 0.459 e. The second-order valence-corrected chi connectivity index (χ2v) is 6.33. The number of esters is 1. The van der Waals surface area contributed by atoms with Gasteiger partial charge in [-0.05, 0) is 37.5 Å². The Bertz CT molecular complexity index is 535. The van der Waals surface area contributed by atoms with Gasteiger partial charge >= 0.3 is 5.97 Å². The van der Waals surface area contributed by atoms with Gasteiger partial charge in [-0.1, -0.05) is 18.9 Å². The van der Waals surface area contributed by atoms with E-state index < -0.39 is 0 Å². The Labute approximate surface area is 125 Å². The highest BCUT2D eigenvalue weighted by atomic mass is 16.6. The van der Waals surface area contributed by atoms with Gasteiger partial charge in [-0.15, -0.1) is 0 Å². The van der Waals surface area contributed by atoms with Crippen LogP contribution in [0.25, 0.3) is 0 Å². The van der Waals surface area contributed by atoms with Crippen LogP contribution in [0.4, 0.5) is 5.69 Å². The molecule has 3 rings (SSSR count). The number of hydrogen-bond acceptors (Lipinski definition) is 4. The number of ether oxygens (including phenoxy) is 2. The molecule has 4 nitrogen and oxygen atoms in total. The summed E-state index contributed by atoms with van der Waals surface area (Å²) in [7, 11) is 0. The summed E-state index contributed by atoms with van der Waals surface area (Å²) < 4.78 is 11.7. The second kappa shape index (κ2) is 5.68. The van der Waals surface area contributed by atoms with Crippen LogP contribution in [-0.4, -0.2) is 24.3 Å². The van der Waals surface area contributed by atoms with Crippen LogP contribution >= 0.6 is 0 Å². The number of hydrogen-bond donors (Lipinski definition) is 1. The Hall–Kier alpha value is -1.55. The molecule has 0 radical (unpaired) electrons. The van der Waals surface area contributed by atoms with E-state index in [0.717, 1.165) is 31.2 Å². The Morgan fingerprint density at radius 1 is 1.38 bits per heavy atom. The molecule has 0 aromatic heterocycles. The first kappa shape index (κ1) is 14.4. The highest BCUT2D eigenvalue weighted by molar-refractivity contribution is 5.92. The topological polar surface area (TPSA) is 61.6 Å². The van der Waals surface area contributed by atoms with Gasteiger partial charge in [0, 0.05) is 18.5 Å². The number of carbonyl (C=O) groups is 1. The predicted molar refractivity (Wildman–Crippen MR) is 81.2 cm³/mol. The zero-order valence-electron chi connectivity index (χ0n) is 12.6. The molecular formula is C17H23NO3. The predicted octanol–water partition coefficient (Wildman–Crippen LogP) is 3.23. The van der Waals surface area contributed by atoms with Crippen molar-refractivity contribution in [1.29, 1.82) is 0 Å². The van der Waals surface area contributed by atoms with Gasteiger partial charge < -0.3 is 15.2 Å². The fourth-order valence-electron chi connectivity index (χ4n) is 3.53. The summed E-state index contributed by atoms with van der Waals surface area (Å²) in [6.07, 6.45) is 6.21. The summed E-state index contributed by atoms with van der Waals surface area (Å²) in [5.74, 6) is -0.264. The molecule has 1 aliphatic carbocycles. The van der Waals surface area contributed by atoms with Crippen molar-refractivity contribution in [3.05, 3.63) is 29.3 Å². The molecule has 1 aromatic carbocycles. The standard InChI is InChI=1S/C17H23NO3/c1-12-4-5-13(18)10-15(12)16(19)21-14-6-9-20-17(11-14)7-2-3-8-17/h4-5,10,14H,2-3,6-9,11,18H2,1H3. The van der Waals surface area contributed by atoms with E-state index in [1.807, 2.05) is 13.0 Å². The van der Waals surface area contributed by atoms with Crippen molar-refractivity contribution in [2.45, 2.75) is 57.2 Å². The summed E-state index contributed by atoms with van der Waals surface area (Å²) in [6.45, 7) is 2.59. The zero-order valence-corrected chi connectivity index (χ0v) is 12.6. The lowest BCUT2D eigenvalue weighted by molar-refractivity contribution is -0.117. The van der Waals surface area contributed by atoms with Crippen molar-refractivity contribution in [2.24, 2.45) is 0 Å². The maximum absolute atomic E-state index is 12.4. The molecule has 2 N–H and O–H groups in total. The van der Waals surface area contributed by atoms with Crippen molar-refractivity contribution >= 4 is 11.7 Å². The van der Waals surface area contributed by atoms with E-state index in [1.165, 1.54) is 12.8 Å². The third-order valence-electron chi connectivity index (χ3n) is 4.72. The quantitative estimate of drug-likeness (QED) is 0.670. The van der Waals surface area contributed by atoms with E-state index >= 15 is 0 Å². The maximum atomic E-state index is 12.4.